The third-order valence-electron chi connectivity index (χ3n) is 4.65. The number of fused-ring (bicyclic) bond motifs is 1. The summed E-state index contributed by atoms with van der Waals surface area (Å²) in [4.78, 5) is 52.5. The molecule has 1 fully saturated rings. The van der Waals surface area contributed by atoms with Crippen LogP contribution in [0.2, 0.25) is 0 Å². The number of amides is 1. The monoisotopic (exact) mass is 345 g/mol. The van der Waals surface area contributed by atoms with E-state index < -0.39 is 35.7 Å². The summed E-state index contributed by atoms with van der Waals surface area (Å²) < 4.78 is 0.821. The van der Waals surface area contributed by atoms with Gasteiger partial charge in [-0.2, -0.15) is 0 Å². The number of carbonyl (C=O) groups excluding carboxylic acids is 1. The van der Waals surface area contributed by atoms with Gasteiger partial charge in [0.05, 0.1) is 10.9 Å². The first-order valence-corrected chi connectivity index (χ1v) is 8.12. The lowest BCUT2D eigenvalue weighted by molar-refractivity contribution is -0.153. The molecule has 1 amide bonds. The lowest BCUT2D eigenvalue weighted by Gasteiger charge is -2.36. The van der Waals surface area contributed by atoms with E-state index in [1.165, 1.54) is 4.90 Å². The number of hydrogen-bond donors (Lipinski definition) is 2. The van der Waals surface area contributed by atoms with Gasteiger partial charge in [0.15, 0.2) is 0 Å². The number of para-hydroxylation sites is 1. The Bertz CT molecular complexity index is 945. The molecule has 25 heavy (non-hydrogen) atoms. The Morgan fingerprint density at radius 1 is 1.28 bits per heavy atom. The SMILES string of the molecule is CC1CCN(C(=O)Cn2c(=O)[nH]c3ccccc3c2=O)C(C(=O)O)C1. The standard InChI is InChI=1S/C17H19N3O5/c1-10-6-7-19(13(8-10)16(23)24)14(21)9-20-15(22)11-4-2-3-5-12(11)18-17(20)25/h2-5,10,13H,6-9H2,1H3,(H,18,25)(H,23,24). The lowest BCUT2D eigenvalue weighted by atomic mass is 9.92. The Balaban J connectivity index is 1.93. The quantitative estimate of drug-likeness (QED) is 0.836. The minimum Gasteiger partial charge on any atom is -0.480 e. The van der Waals surface area contributed by atoms with Crippen LogP contribution in [0.5, 0.6) is 0 Å². The summed E-state index contributed by atoms with van der Waals surface area (Å²) in [5.74, 6) is -1.40. The number of aliphatic carboxylic acids is 1. The molecular weight excluding hydrogens is 326 g/mol. The highest BCUT2D eigenvalue weighted by atomic mass is 16.4. The summed E-state index contributed by atoms with van der Waals surface area (Å²) in [6.45, 7) is 1.77. The van der Waals surface area contributed by atoms with Crippen LogP contribution in [-0.4, -0.2) is 44.0 Å². The van der Waals surface area contributed by atoms with Crippen molar-refractivity contribution in [1.29, 1.82) is 0 Å². The molecule has 1 aliphatic heterocycles. The second kappa shape index (κ2) is 6.54. The second-order valence-corrected chi connectivity index (χ2v) is 6.44. The molecule has 132 valence electrons. The van der Waals surface area contributed by atoms with Crippen molar-refractivity contribution >= 4 is 22.8 Å². The van der Waals surface area contributed by atoms with Gasteiger partial charge in [-0.15, -0.1) is 0 Å². The number of aromatic amines is 1. The number of carboxylic acids is 1. The Kier molecular flexibility index (Phi) is 4.43. The highest BCUT2D eigenvalue weighted by Gasteiger charge is 2.34. The molecule has 0 radical (unpaired) electrons. The van der Waals surface area contributed by atoms with Crippen molar-refractivity contribution in [3.05, 3.63) is 45.1 Å². The van der Waals surface area contributed by atoms with Gasteiger partial charge < -0.3 is 15.0 Å². The molecule has 2 unspecified atom stereocenters. The number of rotatable bonds is 3. The van der Waals surface area contributed by atoms with Crippen molar-refractivity contribution in [1.82, 2.24) is 14.5 Å². The van der Waals surface area contributed by atoms with Crippen LogP contribution >= 0.6 is 0 Å². The fourth-order valence-electron chi connectivity index (χ4n) is 3.24. The van der Waals surface area contributed by atoms with Crippen molar-refractivity contribution in [2.45, 2.75) is 32.4 Å². The van der Waals surface area contributed by atoms with Gasteiger partial charge >= 0.3 is 11.7 Å². The Morgan fingerprint density at radius 3 is 2.72 bits per heavy atom. The van der Waals surface area contributed by atoms with Gasteiger partial charge in [-0.05, 0) is 30.9 Å². The zero-order valence-corrected chi connectivity index (χ0v) is 13.8. The van der Waals surface area contributed by atoms with Crippen molar-refractivity contribution in [2.24, 2.45) is 5.92 Å². The maximum Gasteiger partial charge on any atom is 0.329 e. The molecule has 2 aromatic rings. The van der Waals surface area contributed by atoms with E-state index >= 15 is 0 Å². The molecule has 8 heteroatoms. The van der Waals surface area contributed by atoms with Crippen LogP contribution in [-0.2, 0) is 16.1 Å². The van der Waals surface area contributed by atoms with E-state index in [-0.39, 0.29) is 5.92 Å². The topological polar surface area (TPSA) is 112 Å². The summed E-state index contributed by atoms with van der Waals surface area (Å²) >= 11 is 0. The Labute approximate surface area is 142 Å². The van der Waals surface area contributed by atoms with Gasteiger partial charge in [-0.1, -0.05) is 19.1 Å². The van der Waals surface area contributed by atoms with Crippen LogP contribution < -0.4 is 11.2 Å². The number of aromatic nitrogens is 2. The van der Waals surface area contributed by atoms with Gasteiger partial charge in [0.2, 0.25) is 5.91 Å². The van der Waals surface area contributed by atoms with Crippen LogP contribution in [0.4, 0.5) is 0 Å². The molecule has 2 N–H and O–H groups in total. The fourth-order valence-corrected chi connectivity index (χ4v) is 3.24. The van der Waals surface area contributed by atoms with E-state index in [0.29, 0.717) is 30.3 Å². The number of hydrogen-bond acceptors (Lipinski definition) is 4. The molecule has 0 bridgehead atoms. The largest absolute Gasteiger partial charge is 0.480 e. The van der Waals surface area contributed by atoms with E-state index in [9.17, 15) is 24.3 Å². The lowest BCUT2D eigenvalue weighted by Crippen LogP contribution is -2.52. The smallest absolute Gasteiger partial charge is 0.329 e. The number of piperidine rings is 1. The van der Waals surface area contributed by atoms with Gasteiger partial charge in [0.1, 0.15) is 12.6 Å². The first kappa shape index (κ1) is 16.9. The number of nitrogens with one attached hydrogen (secondary N) is 1. The maximum atomic E-state index is 12.6. The number of benzene rings is 1. The number of carbonyl (C=O) groups is 2. The number of nitrogens with zero attached hydrogens (tertiary/aromatic N) is 2. The zero-order chi connectivity index (χ0) is 18.1. The van der Waals surface area contributed by atoms with Gasteiger partial charge in [-0.3, -0.25) is 14.2 Å². The average Bonchev–Trinajstić information content (AvgIpc) is 2.58. The molecule has 1 aromatic heterocycles. The van der Waals surface area contributed by atoms with E-state index in [4.69, 9.17) is 0 Å². The molecule has 0 spiro atoms. The van der Waals surface area contributed by atoms with Crippen LogP contribution in [0.1, 0.15) is 19.8 Å². The van der Waals surface area contributed by atoms with Gasteiger partial charge in [-0.25, -0.2) is 9.59 Å². The minimum absolute atomic E-state index is 0.206. The van der Waals surface area contributed by atoms with Gasteiger partial charge in [0.25, 0.3) is 5.56 Å². The molecule has 2 heterocycles. The summed E-state index contributed by atoms with van der Waals surface area (Å²) in [5.41, 5.74) is -0.851. The van der Waals surface area contributed by atoms with Crippen molar-refractivity contribution in [3.8, 4) is 0 Å². The molecule has 1 aliphatic rings. The first-order valence-electron chi connectivity index (χ1n) is 8.12. The van der Waals surface area contributed by atoms with Crippen LogP contribution in [0.3, 0.4) is 0 Å². The second-order valence-electron chi connectivity index (χ2n) is 6.44. The van der Waals surface area contributed by atoms with Crippen LogP contribution in [0.15, 0.2) is 33.9 Å². The molecule has 0 saturated carbocycles. The van der Waals surface area contributed by atoms with Gasteiger partial charge in [0, 0.05) is 6.54 Å². The van der Waals surface area contributed by atoms with Crippen LogP contribution in [0, 0.1) is 5.92 Å². The van der Waals surface area contributed by atoms with E-state index in [0.717, 1.165) is 4.57 Å². The van der Waals surface area contributed by atoms with Crippen LogP contribution in [0.25, 0.3) is 10.9 Å². The molecule has 1 saturated heterocycles. The summed E-state index contributed by atoms with van der Waals surface area (Å²) in [6.07, 6.45) is 1.06. The Hall–Kier alpha value is -2.90. The minimum atomic E-state index is -1.07. The summed E-state index contributed by atoms with van der Waals surface area (Å²) in [5, 5.41) is 9.66. The fraction of sp³-hybridized carbons (Fsp3) is 0.412. The molecule has 0 aliphatic carbocycles. The number of H-pyrrole nitrogens is 1. The van der Waals surface area contributed by atoms with E-state index in [1.54, 1.807) is 24.3 Å². The number of carboxylic acid groups (broad SMARTS) is 1. The van der Waals surface area contributed by atoms with Crippen molar-refractivity contribution < 1.29 is 14.7 Å². The predicted octanol–water partition coefficient (Wildman–Crippen LogP) is 0.402. The predicted molar refractivity (Wildman–Crippen MR) is 90.4 cm³/mol. The highest BCUT2D eigenvalue weighted by Crippen LogP contribution is 2.23. The molecule has 1 aromatic carbocycles. The zero-order valence-electron chi connectivity index (χ0n) is 13.8. The average molecular weight is 345 g/mol. The normalized spacial score (nSPS) is 20.6. The molecule has 3 rings (SSSR count). The van der Waals surface area contributed by atoms with Crippen molar-refractivity contribution in [3.63, 3.8) is 0 Å². The Morgan fingerprint density at radius 2 is 2.00 bits per heavy atom. The van der Waals surface area contributed by atoms with Crippen molar-refractivity contribution in [2.75, 3.05) is 6.54 Å². The maximum absolute atomic E-state index is 12.6. The summed E-state index contributed by atoms with van der Waals surface area (Å²) in [6, 6.07) is 5.61. The molecular formula is C17H19N3O5. The number of likely N-dealkylation sites (tertiary alicyclic amines) is 1. The third-order valence-corrected chi connectivity index (χ3v) is 4.65. The van der Waals surface area contributed by atoms with E-state index in [1.807, 2.05) is 6.92 Å². The highest BCUT2D eigenvalue weighted by molar-refractivity contribution is 5.84. The summed E-state index contributed by atoms with van der Waals surface area (Å²) in [7, 11) is 0. The molecule has 2 atom stereocenters. The third kappa shape index (κ3) is 3.19. The van der Waals surface area contributed by atoms with E-state index in [2.05, 4.69) is 4.98 Å². The first-order chi connectivity index (χ1) is 11.9. The molecule has 8 nitrogen and oxygen atoms in total.